The highest BCUT2D eigenvalue weighted by Gasteiger charge is 2.02. The molecule has 0 radical (unpaired) electrons. The minimum Gasteiger partial charge on any atom is -0.489 e. The van der Waals surface area contributed by atoms with Gasteiger partial charge in [0.25, 0.3) is 0 Å². The lowest BCUT2D eigenvalue weighted by atomic mass is 10.2. The van der Waals surface area contributed by atoms with Gasteiger partial charge in [-0.3, -0.25) is 0 Å². The van der Waals surface area contributed by atoms with E-state index in [9.17, 15) is 4.39 Å². The quantitative estimate of drug-likeness (QED) is 0.768. The molecule has 0 aromatic heterocycles. The van der Waals surface area contributed by atoms with Crippen LogP contribution in [0, 0.1) is 12.7 Å². The molecule has 0 spiro atoms. The van der Waals surface area contributed by atoms with Gasteiger partial charge in [0.1, 0.15) is 18.2 Å². The van der Waals surface area contributed by atoms with Gasteiger partial charge in [0.2, 0.25) is 0 Å². The lowest BCUT2D eigenvalue weighted by molar-refractivity contribution is 0.344. The molecule has 0 aliphatic carbocycles. The van der Waals surface area contributed by atoms with Gasteiger partial charge in [-0.05, 0) is 36.3 Å². The number of benzene rings is 1. The average molecular weight is 237 g/mol. The van der Waals surface area contributed by atoms with Crippen molar-refractivity contribution in [2.24, 2.45) is 0 Å². The number of ether oxygens (including phenoxy) is 1. The molecule has 17 heavy (non-hydrogen) atoms. The Balaban J connectivity index is 2.42. The largest absolute Gasteiger partial charge is 0.489 e. The summed E-state index contributed by atoms with van der Waals surface area (Å²) in [6, 6.07) is 4.94. The molecule has 0 atom stereocenters. The monoisotopic (exact) mass is 237 g/mol. The molecule has 1 N–H and O–H groups in total. The Bertz CT molecular complexity index is 388. The molecule has 3 heteroatoms. The SMILES string of the molecule is C=C(CNC(C)C)COc1ccc(F)cc1C. The molecular formula is C14H20FNO. The first-order valence-electron chi connectivity index (χ1n) is 5.78. The summed E-state index contributed by atoms with van der Waals surface area (Å²) >= 11 is 0. The van der Waals surface area contributed by atoms with Gasteiger partial charge in [0.15, 0.2) is 0 Å². The summed E-state index contributed by atoms with van der Waals surface area (Å²) in [5.41, 5.74) is 1.78. The fourth-order valence-electron chi connectivity index (χ4n) is 1.35. The first-order valence-corrected chi connectivity index (χ1v) is 5.78. The second kappa shape index (κ2) is 6.40. The fraction of sp³-hybridized carbons (Fsp3) is 0.429. The van der Waals surface area contributed by atoms with E-state index >= 15 is 0 Å². The van der Waals surface area contributed by atoms with Crippen molar-refractivity contribution in [2.75, 3.05) is 13.2 Å². The summed E-state index contributed by atoms with van der Waals surface area (Å²) in [4.78, 5) is 0. The van der Waals surface area contributed by atoms with E-state index < -0.39 is 0 Å². The van der Waals surface area contributed by atoms with Crippen molar-refractivity contribution in [2.45, 2.75) is 26.8 Å². The minimum absolute atomic E-state index is 0.241. The lowest BCUT2D eigenvalue weighted by Gasteiger charge is -2.13. The number of nitrogens with one attached hydrogen (secondary N) is 1. The van der Waals surface area contributed by atoms with Gasteiger partial charge < -0.3 is 10.1 Å². The van der Waals surface area contributed by atoms with E-state index in [0.717, 1.165) is 17.7 Å². The third-order valence-electron chi connectivity index (χ3n) is 2.33. The van der Waals surface area contributed by atoms with Gasteiger partial charge in [0.05, 0.1) is 0 Å². The molecule has 0 bridgehead atoms. The summed E-state index contributed by atoms with van der Waals surface area (Å²) < 4.78 is 18.5. The molecular weight excluding hydrogens is 217 g/mol. The van der Waals surface area contributed by atoms with Crippen molar-refractivity contribution in [3.63, 3.8) is 0 Å². The van der Waals surface area contributed by atoms with E-state index in [0.29, 0.717) is 18.4 Å². The zero-order chi connectivity index (χ0) is 12.8. The third-order valence-corrected chi connectivity index (χ3v) is 2.33. The lowest BCUT2D eigenvalue weighted by Crippen LogP contribution is -2.26. The maximum Gasteiger partial charge on any atom is 0.123 e. The molecule has 1 aromatic carbocycles. The van der Waals surface area contributed by atoms with Crippen molar-refractivity contribution >= 4 is 0 Å². The van der Waals surface area contributed by atoms with Gasteiger partial charge >= 0.3 is 0 Å². The molecule has 0 fully saturated rings. The molecule has 1 rings (SSSR count). The Morgan fingerprint density at radius 1 is 1.47 bits per heavy atom. The Kier molecular flexibility index (Phi) is 5.16. The van der Waals surface area contributed by atoms with Gasteiger partial charge in [-0.25, -0.2) is 4.39 Å². The highest BCUT2D eigenvalue weighted by molar-refractivity contribution is 5.32. The Morgan fingerprint density at radius 2 is 2.18 bits per heavy atom. The Morgan fingerprint density at radius 3 is 2.76 bits per heavy atom. The molecule has 0 saturated heterocycles. The molecule has 0 aliphatic rings. The summed E-state index contributed by atoms with van der Waals surface area (Å²) in [6.45, 7) is 11.1. The molecule has 0 heterocycles. The summed E-state index contributed by atoms with van der Waals surface area (Å²) in [5, 5.41) is 3.27. The normalized spacial score (nSPS) is 10.6. The molecule has 0 saturated carbocycles. The zero-order valence-corrected chi connectivity index (χ0v) is 10.7. The number of aryl methyl sites for hydroxylation is 1. The van der Waals surface area contributed by atoms with Crippen molar-refractivity contribution in [3.05, 3.63) is 41.7 Å². The predicted octanol–water partition coefficient (Wildman–Crippen LogP) is 3.07. The summed E-state index contributed by atoms with van der Waals surface area (Å²) in [5.74, 6) is 0.465. The first-order chi connectivity index (χ1) is 7.99. The standard InChI is InChI=1S/C14H20FNO/c1-10(2)16-8-11(3)9-17-14-6-5-13(15)7-12(14)4/h5-7,10,16H,3,8-9H2,1-2,4H3. The van der Waals surface area contributed by atoms with E-state index in [1.165, 1.54) is 12.1 Å². The van der Waals surface area contributed by atoms with E-state index in [2.05, 4.69) is 25.7 Å². The maximum atomic E-state index is 12.9. The number of rotatable bonds is 6. The average Bonchev–Trinajstić information content (AvgIpc) is 2.25. The fourth-order valence-corrected chi connectivity index (χ4v) is 1.35. The second-order valence-electron chi connectivity index (χ2n) is 4.48. The van der Waals surface area contributed by atoms with Crippen molar-refractivity contribution in [3.8, 4) is 5.75 Å². The molecule has 1 aromatic rings. The van der Waals surface area contributed by atoms with Crippen LogP contribution in [0.25, 0.3) is 0 Å². The number of hydrogen-bond donors (Lipinski definition) is 1. The topological polar surface area (TPSA) is 21.3 Å². The van der Waals surface area contributed by atoms with Gasteiger partial charge in [-0.2, -0.15) is 0 Å². The molecule has 0 unspecified atom stereocenters. The number of hydrogen-bond acceptors (Lipinski definition) is 2. The van der Waals surface area contributed by atoms with Crippen LogP contribution >= 0.6 is 0 Å². The van der Waals surface area contributed by atoms with Crippen LogP contribution in [0.4, 0.5) is 4.39 Å². The highest BCUT2D eigenvalue weighted by Crippen LogP contribution is 2.18. The molecule has 94 valence electrons. The van der Waals surface area contributed by atoms with Crippen LogP contribution in [0.15, 0.2) is 30.4 Å². The second-order valence-corrected chi connectivity index (χ2v) is 4.48. The molecule has 0 aliphatic heterocycles. The maximum absolute atomic E-state index is 12.9. The minimum atomic E-state index is -0.241. The van der Waals surface area contributed by atoms with Crippen LogP contribution in [0.2, 0.25) is 0 Å². The highest BCUT2D eigenvalue weighted by atomic mass is 19.1. The summed E-state index contributed by atoms with van der Waals surface area (Å²) in [7, 11) is 0. The molecule has 2 nitrogen and oxygen atoms in total. The van der Waals surface area contributed by atoms with E-state index in [-0.39, 0.29) is 5.82 Å². The number of halogens is 1. The van der Waals surface area contributed by atoms with Crippen molar-refractivity contribution in [1.29, 1.82) is 0 Å². The zero-order valence-electron chi connectivity index (χ0n) is 10.7. The molecule has 0 amide bonds. The third kappa shape index (κ3) is 5.00. The van der Waals surface area contributed by atoms with Gasteiger partial charge in [-0.15, -0.1) is 0 Å². The first kappa shape index (κ1) is 13.7. The van der Waals surface area contributed by atoms with E-state index in [1.54, 1.807) is 6.07 Å². The van der Waals surface area contributed by atoms with Crippen molar-refractivity contribution in [1.82, 2.24) is 5.32 Å². The Hall–Kier alpha value is -1.35. The Labute approximate surface area is 102 Å². The van der Waals surface area contributed by atoms with Crippen LogP contribution in [0.3, 0.4) is 0 Å². The van der Waals surface area contributed by atoms with Crippen LogP contribution in [0.5, 0.6) is 5.75 Å². The predicted molar refractivity (Wildman–Crippen MR) is 68.9 cm³/mol. The van der Waals surface area contributed by atoms with Crippen LogP contribution < -0.4 is 10.1 Å². The summed E-state index contributed by atoms with van der Waals surface area (Å²) in [6.07, 6.45) is 0. The van der Waals surface area contributed by atoms with E-state index in [1.807, 2.05) is 6.92 Å². The van der Waals surface area contributed by atoms with Gasteiger partial charge in [-0.1, -0.05) is 20.4 Å². The van der Waals surface area contributed by atoms with Crippen LogP contribution in [0.1, 0.15) is 19.4 Å². The van der Waals surface area contributed by atoms with E-state index in [4.69, 9.17) is 4.74 Å². The van der Waals surface area contributed by atoms with Crippen LogP contribution in [-0.2, 0) is 0 Å². The van der Waals surface area contributed by atoms with Crippen molar-refractivity contribution < 1.29 is 9.13 Å². The van der Waals surface area contributed by atoms with Crippen LogP contribution in [-0.4, -0.2) is 19.2 Å². The van der Waals surface area contributed by atoms with Gasteiger partial charge in [0, 0.05) is 12.6 Å². The smallest absolute Gasteiger partial charge is 0.123 e.